The number of furan rings is 1. The highest BCUT2D eigenvalue weighted by atomic mass is 79.9. The largest absolute Gasteiger partial charge is 0.493 e. The third-order valence-corrected chi connectivity index (χ3v) is 7.48. The zero-order valence-corrected chi connectivity index (χ0v) is 26.1. The van der Waals surface area contributed by atoms with Gasteiger partial charge in [-0.25, -0.2) is 9.37 Å². The molecule has 0 atom stereocenters. The molecule has 1 N–H and O–H groups in total. The number of carbonyl (C=O) groups is 1. The fraction of sp³-hybridized carbons (Fsp3) is 0.0625. The van der Waals surface area contributed by atoms with Crippen LogP contribution in [0.3, 0.4) is 0 Å². The third-order valence-electron chi connectivity index (χ3n) is 6.53. The van der Waals surface area contributed by atoms with Gasteiger partial charge in [-0.05, 0) is 60.7 Å². The van der Waals surface area contributed by atoms with Crippen molar-refractivity contribution >= 4 is 71.5 Å². The molecule has 0 aliphatic heterocycles. The average molecular weight is 720 g/mol. The number of amides is 1. The van der Waals surface area contributed by atoms with Crippen LogP contribution in [0.25, 0.3) is 33.5 Å². The van der Waals surface area contributed by atoms with Crippen molar-refractivity contribution in [3.05, 3.63) is 116 Å². The number of halogens is 3. The molecule has 2 heterocycles. The van der Waals surface area contributed by atoms with Crippen molar-refractivity contribution in [3.63, 3.8) is 0 Å². The van der Waals surface area contributed by atoms with Crippen molar-refractivity contribution in [2.75, 3.05) is 19.0 Å². The monoisotopic (exact) mass is 718 g/mol. The normalized spacial score (nSPS) is 11.4. The molecule has 0 fully saturated rings. The molecule has 6 aromatic rings. The Morgan fingerprint density at radius 3 is 2.66 bits per heavy atom. The molecule has 0 saturated carbocycles. The van der Waals surface area contributed by atoms with E-state index in [-0.39, 0.29) is 17.3 Å². The summed E-state index contributed by atoms with van der Waals surface area (Å²) in [7, 11) is 1.45. The highest BCUT2D eigenvalue weighted by Crippen LogP contribution is 2.34. The smallest absolute Gasteiger partial charge is 0.282 e. The predicted octanol–water partition coefficient (Wildman–Crippen LogP) is 7.38. The highest BCUT2D eigenvalue weighted by Gasteiger charge is 2.18. The summed E-state index contributed by atoms with van der Waals surface area (Å²) in [5, 5.41) is 8.17. The summed E-state index contributed by atoms with van der Waals surface area (Å²) in [5.74, 6) is -0.155. The van der Waals surface area contributed by atoms with Crippen LogP contribution in [0.4, 0.5) is 10.1 Å². The Labute approximate surface area is 266 Å². The molecule has 4 aromatic carbocycles. The number of nitrogens with one attached hydrogen (secondary N) is 1. The van der Waals surface area contributed by atoms with E-state index < -0.39 is 23.9 Å². The van der Waals surface area contributed by atoms with Crippen LogP contribution in [-0.4, -0.2) is 35.5 Å². The molecular weight excluding hydrogens is 699 g/mol. The molecule has 2 aromatic heterocycles. The molecular formula is C32H21Br2FN4O5. The number of methoxy groups -OCH3 is 1. The van der Waals surface area contributed by atoms with E-state index in [9.17, 15) is 14.0 Å². The van der Waals surface area contributed by atoms with E-state index >= 15 is 0 Å². The Bertz CT molecular complexity index is 2140. The van der Waals surface area contributed by atoms with E-state index in [0.717, 1.165) is 14.5 Å². The summed E-state index contributed by atoms with van der Waals surface area (Å²) in [5.41, 5.74) is 1.09. The number of benzene rings is 4. The maximum absolute atomic E-state index is 14.0. The molecule has 0 aliphatic carbocycles. The number of ether oxygens (including phenoxy) is 2. The van der Waals surface area contributed by atoms with E-state index in [1.165, 1.54) is 31.5 Å². The number of nitrogens with zero attached hydrogens (tertiary/aromatic N) is 3. The van der Waals surface area contributed by atoms with Crippen molar-refractivity contribution in [1.82, 2.24) is 9.66 Å². The Balaban J connectivity index is 1.40. The van der Waals surface area contributed by atoms with Gasteiger partial charge in [0.1, 0.15) is 11.4 Å². The second kappa shape index (κ2) is 12.4. The number of fused-ring (bicyclic) bond motifs is 2. The Morgan fingerprint density at radius 2 is 1.84 bits per heavy atom. The van der Waals surface area contributed by atoms with Crippen molar-refractivity contribution in [3.8, 4) is 23.1 Å². The third kappa shape index (κ3) is 5.99. The number of hydrogen-bond donors (Lipinski definition) is 1. The molecule has 6 rings (SSSR count). The molecule has 0 spiro atoms. The first-order valence-corrected chi connectivity index (χ1v) is 14.7. The van der Waals surface area contributed by atoms with Gasteiger partial charge in [0.15, 0.2) is 23.9 Å². The predicted molar refractivity (Wildman–Crippen MR) is 173 cm³/mol. The minimum absolute atomic E-state index is 0.0271. The van der Waals surface area contributed by atoms with Crippen molar-refractivity contribution < 1.29 is 23.1 Å². The van der Waals surface area contributed by atoms with Crippen LogP contribution in [0.2, 0.25) is 0 Å². The van der Waals surface area contributed by atoms with Crippen molar-refractivity contribution in [2.24, 2.45) is 5.10 Å². The first-order valence-electron chi connectivity index (χ1n) is 13.1. The van der Waals surface area contributed by atoms with Gasteiger partial charge in [0.2, 0.25) is 5.82 Å². The molecule has 0 aliphatic rings. The summed E-state index contributed by atoms with van der Waals surface area (Å²) in [4.78, 5) is 31.0. The Hall–Kier alpha value is -4.81. The van der Waals surface area contributed by atoms with Crippen molar-refractivity contribution in [2.45, 2.75) is 0 Å². The fourth-order valence-electron chi connectivity index (χ4n) is 4.51. The quantitative estimate of drug-likeness (QED) is 0.165. The van der Waals surface area contributed by atoms with Crippen LogP contribution in [0.5, 0.6) is 11.5 Å². The van der Waals surface area contributed by atoms with Crippen LogP contribution < -0.4 is 20.3 Å². The van der Waals surface area contributed by atoms with Gasteiger partial charge in [-0.15, -0.1) is 0 Å². The van der Waals surface area contributed by atoms with E-state index in [2.05, 4.69) is 42.3 Å². The number of carbonyl (C=O) groups excluding carboxylic acids is 1. The molecule has 44 heavy (non-hydrogen) atoms. The van der Waals surface area contributed by atoms with E-state index in [1.54, 1.807) is 48.5 Å². The van der Waals surface area contributed by atoms with E-state index in [1.807, 2.05) is 18.2 Å². The van der Waals surface area contributed by atoms with Gasteiger partial charge in [-0.1, -0.05) is 56.1 Å². The fourth-order valence-corrected chi connectivity index (χ4v) is 5.35. The summed E-state index contributed by atoms with van der Waals surface area (Å²) in [6.07, 6.45) is 1.40. The summed E-state index contributed by atoms with van der Waals surface area (Å²) in [6, 6.07) is 23.5. The van der Waals surface area contributed by atoms with Crippen LogP contribution in [0.15, 0.2) is 108 Å². The van der Waals surface area contributed by atoms with Crippen LogP contribution >= 0.6 is 31.9 Å². The van der Waals surface area contributed by atoms with E-state index in [0.29, 0.717) is 38.0 Å². The average Bonchev–Trinajstić information content (AvgIpc) is 3.44. The summed E-state index contributed by atoms with van der Waals surface area (Å²) in [6.45, 7) is -0.454. The first-order chi connectivity index (χ1) is 21.3. The zero-order valence-electron chi connectivity index (χ0n) is 22.9. The number of anilines is 1. The summed E-state index contributed by atoms with van der Waals surface area (Å²) >= 11 is 6.92. The second-order valence-corrected chi connectivity index (χ2v) is 11.3. The number of hydrogen-bond acceptors (Lipinski definition) is 7. The van der Waals surface area contributed by atoms with Gasteiger partial charge in [-0.2, -0.15) is 9.78 Å². The first kappa shape index (κ1) is 29.3. The van der Waals surface area contributed by atoms with Gasteiger partial charge in [-0.3, -0.25) is 9.59 Å². The SMILES string of the molecule is COc1cc(Br)cc(C=Nn2c(-c3cc4cc(Br)ccc4o3)nc3ccccc3c2=O)c1OCC(=O)Nc1ccccc1F. The molecule has 0 saturated heterocycles. The summed E-state index contributed by atoms with van der Waals surface area (Å²) < 4.78 is 34.1. The zero-order chi connectivity index (χ0) is 30.8. The molecule has 0 bridgehead atoms. The number of para-hydroxylation sites is 2. The maximum atomic E-state index is 14.0. The standard InChI is InChI=1S/C32H21Br2FN4O5/c1-42-27-15-21(34)13-19(30(27)43-17-29(40)37-25-9-5-3-7-23(25)35)16-36-39-31(38-24-8-4-2-6-22(24)32(39)41)28-14-18-12-20(33)10-11-26(18)44-28/h2-16H,17H2,1H3,(H,37,40). The van der Waals surface area contributed by atoms with Gasteiger partial charge in [0.25, 0.3) is 11.5 Å². The lowest BCUT2D eigenvalue weighted by molar-refractivity contribution is -0.118. The molecule has 220 valence electrons. The topological polar surface area (TPSA) is 108 Å². The minimum atomic E-state index is -0.586. The van der Waals surface area contributed by atoms with Crippen LogP contribution in [0.1, 0.15) is 5.56 Å². The molecule has 0 radical (unpaired) electrons. The molecule has 1 amide bonds. The van der Waals surface area contributed by atoms with Gasteiger partial charge >= 0.3 is 0 Å². The van der Waals surface area contributed by atoms with E-state index in [4.69, 9.17) is 18.9 Å². The molecule has 9 nitrogen and oxygen atoms in total. The second-order valence-electron chi connectivity index (χ2n) is 9.45. The number of rotatable bonds is 8. The van der Waals surface area contributed by atoms with Crippen LogP contribution in [-0.2, 0) is 4.79 Å². The lowest BCUT2D eigenvalue weighted by atomic mass is 10.2. The lowest BCUT2D eigenvalue weighted by Crippen LogP contribution is -2.21. The van der Waals surface area contributed by atoms with Gasteiger partial charge < -0.3 is 19.2 Å². The Morgan fingerprint density at radius 1 is 1.05 bits per heavy atom. The highest BCUT2D eigenvalue weighted by molar-refractivity contribution is 9.10. The van der Waals surface area contributed by atoms with Gasteiger partial charge in [0.05, 0.1) is 29.9 Å². The minimum Gasteiger partial charge on any atom is -0.493 e. The maximum Gasteiger partial charge on any atom is 0.282 e. The molecule has 12 heteroatoms. The van der Waals surface area contributed by atoms with Gasteiger partial charge in [0, 0.05) is 19.9 Å². The van der Waals surface area contributed by atoms with Crippen LogP contribution in [0, 0.1) is 5.82 Å². The molecule has 0 unspecified atom stereocenters. The van der Waals surface area contributed by atoms with Crippen molar-refractivity contribution in [1.29, 1.82) is 0 Å². The lowest BCUT2D eigenvalue weighted by Gasteiger charge is -2.14. The Kier molecular flexibility index (Phi) is 8.27. The number of aromatic nitrogens is 2.